The number of hydrogen-bond acceptors (Lipinski definition) is 4. The molecular weight excluding hydrogens is 298 g/mol. The van der Waals surface area contributed by atoms with E-state index in [9.17, 15) is 9.59 Å². The zero-order valence-electron chi connectivity index (χ0n) is 13.9. The first kappa shape index (κ1) is 18.8. The lowest BCUT2D eigenvalue weighted by molar-refractivity contribution is -0.137. The largest absolute Gasteiger partial charge is 0.493 e. The Morgan fingerprint density at radius 1 is 1.17 bits per heavy atom. The highest BCUT2D eigenvalue weighted by atomic mass is 16.5. The first-order valence-corrected chi connectivity index (χ1v) is 7.78. The van der Waals surface area contributed by atoms with Crippen molar-refractivity contribution in [1.82, 2.24) is 5.32 Å². The Bertz CT molecular complexity index is 528. The molecule has 0 radical (unpaired) electrons. The fraction of sp³-hybridized carbons (Fsp3) is 0.529. The maximum atomic E-state index is 12.1. The van der Waals surface area contributed by atoms with E-state index in [0.717, 1.165) is 12.8 Å². The maximum Gasteiger partial charge on any atom is 0.303 e. The molecule has 0 bridgehead atoms. The molecule has 0 atom stereocenters. The van der Waals surface area contributed by atoms with Crippen LogP contribution < -0.4 is 14.8 Å². The first-order valence-electron chi connectivity index (χ1n) is 7.78. The first-order chi connectivity index (χ1) is 10.9. The molecule has 0 unspecified atom stereocenters. The van der Waals surface area contributed by atoms with Gasteiger partial charge in [-0.05, 0) is 44.9 Å². The van der Waals surface area contributed by atoms with Crippen molar-refractivity contribution in [3.8, 4) is 11.5 Å². The third-order valence-corrected chi connectivity index (χ3v) is 3.14. The predicted octanol–water partition coefficient (Wildman–Crippen LogP) is 2.86. The van der Waals surface area contributed by atoms with Gasteiger partial charge in [-0.3, -0.25) is 9.59 Å². The molecule has 6 heteroatoms. The fourth-order valence-corrected chi connectivity index (χ4v) is 2.04. The number of rotatable bonds is 10. The monoisotopic (exact) mass is 323 g/mol. The lowest BCUT2D eigenvalue weighted by atomic mass is 10.1. The number of unbranched alkanes of at least 4 members (excludes halogenated alkanes) is 2. The van der Waals surface area contributed by atoms with Gasteiger partial charge in [0.05, 0.1) is 13.2 Å². The number of nitrogens with one attached hydrogen (secondary N) is 1. The van der Waals surface area contributed by atoms with Gasteiger partial charge in [0.25, 0.3) is 5.91 Å². The maximum absolute atomic E-state index is 12.1. The van der Waals surface area contributed by atoms with Gasteiger partial charge in [0.2, 0.25) is 0 Å². The number of carboxylic acid groups (broad SMARTS) is 1. The van der Waals surface area contributed by atoms with Gasteiger partial charge in [0.1, 0.15) is 0 Å². The summed E-state index contributed by atoms with van der Waals surface area (Å²) in [6, 6.07) is 5.07. The molecular formula is C17H25NO5. The molecule has 0 aliphatic rings. The third-order valence-electron chi connectivity index (χ3n) is 3.14. The number of amides is 1. The van der Waals surface area contributed by atoms with Crippen molar-refractivity contribution >= 4 is 11.9 Å². The van der Waals surface area contributed by atoms with E-state index in [1.54, 1.807) is 18.2 Å². The minimum Gasteiger partial charge on any atom is -0.493 e. The van der Waals surface area contributed by atoms with E-state index in [0.29, 0.717) is 30.0 Å². The molecule has 0 heterocycles. The van der Waals surface area contributed by atoms with Crippen LogP contribution in [0.5, 0.6) is 11.5 Å². The predicted molar refractivity (Wildman–Crippen MR) is 87.2 cm³/mol. The Labute approximate surface area is 136 Å². The molecule has 128 valence electrons. The highest BCUT2D eigenvalue weighted by molar-refractivity contribution is 5.94. The van der Waals surface area contributed by atoms with Crippen molar-refractivity contribution in [2.45, 2.75) is 45.6 Å². The van der Waals surface area contributed by atoms with Gasteiger partial charge in [-0.15, -0.1) is 0 Å². The van der Waals surface area contributed by atoms with E-state index in [1.165, 1.54) is 7.11 Å². The number of ether oxygens (including phenoxy) is 2. The van der Waals surface area contributed by atoms with Gasteiger partial charge in [-0.2, -0.15) is 0 Å². The van der Waals surface area contributed by atoms with Crippen LogP contribution in [0, 0.1) is 0 Å². The van der Waals surface area contributed by atoms with Crippen molar-refractivity contribution in [3.63, 3.8) is 0 Å². The molecule has 1 aromatic carbocycles. The van der Waals surface area contributed by atoms with E-state index >= 15 is 0 Å². The average Bonchev–Trinajstić information content (AvgIpc) is 2.50. The van der Waals surface area contributed by atoms with Gasteiger partial charge in [-0.25, -0.2) is 0 Å². The summed E-state index contributed by atoms with van der Waals surface area (Å²) in [5, 5.41) is 11.4. The summed E-state index contributed by atoms with van der Waals surface area (Å²) in [5.74, 6) is 0.156. The third kappa shape index (κ3) is 7.04. The van der Waals surface area contributed by atoms with Gasteiger partial charge < -0.3 is 19.9 Å². The van der Waals surface area contributed by atoms with Crippen LogP contribution in [0.4, 0.5) is 0 Å². The van der Waals surface area contributed by atoms with Crippen LogP contribution >= 0.6 is 0 Å². The lowest BCUT2D eigenvalue weighted by Gasteiger charge is -2.14. The minimum atomic E-state index is -0.787. The number of carboxylic acids is 1. The second kappa shape index (κ2) is 9.71. The SMILES string of the molecule is COc1cc(C(=O)NCCCCCC(=O)O)ccc1OC(C)C. The van der Waals surface area contributed by atoms with Crippen molar-refractivity contribution in [2.75, 3.05) is 13.7 Å². The molecule has 0 saturated carbocycles. The van der Waals surface area contributed by atoms with Crippen molar-refractivity contribution in [3.05, 3.63) is 23.8 Å². The smallest absolute Gasteiger partial charge is 0.303 e. The number of carbonyl (C=O) groups is 2. The molecule has 0 fully saturated rings. The minimum absolute atomic E-state index is 0.0226. The summed E-state index contributed by atoms with van der Waals surface area (Å²) < 4.78 is 10.9. The number of carbonyl (C=O) groups excluding carboxylic acids is 1. The molecule has 2 N–H and O–H groups in total. The molecule has 0 aromatic heterocycles. The Kier molecular flexibility index (Phi) is 7.94. The summed E-state index contributed by atoms with van der Waals surface area (Å²) in [6.45, 7) is 4.36. The summed E-state index contributed by atoms with van der Waals surface area (Å²) in [4.78, 5) is 22.5. The number of aliphatic carboxylic acids is 1. The molecule has 1 amide bonds. The van der Waals surface area contributed by atoms with E-state index < -0.39 is 5.97 Å². The lowest BCUT2D eigenvalue weighted by Crippen LogP contribution is -2.24. The number of benzene rings is 1. The van der Waals surface area contributed by atoms with Crippen LogP contribution in [-0.4, -0.2) is 36.7 Å². The molecule has 0 aliphatic carbocycles. The van der Waals surface area contributed by atoms with Gasteiger partial charge in [-0.1, -0.05) is 6.42 Å². The molecule has 23 heavy (non-hydrogen) atoms. The van der Waals surface area contributed by atoms with E-state index in [4.69, 9.17) is 14.6 Å². The van der Waals surface area contributed by atoms with Crippen molar-refractivity contribution in [2.24, 2.45) is 0 Å². The number of hydrogen-bond donors (Lipinski definition) is 2. The van der Waals surface area contributed by atoms with Crippen LogP contribution in [0.15, 0.2) is 18.2 Å². The van der Waals surface area contributed by atoms with Crippen molar-refractivity contribution in [1.29, 1.82) is 0 Å². The van der Waals surface area contributed by atoms with Crippen LogP contribution in [0.25, 0.3) is 0 Å². The summed E-state index contributed by atoms with van der Waals surface area (Å²) >= 11 is 0. The van der Waals surface area contributed by atoms with Gasteiger partial charge in [0, 0.05) is 18.5 Å². The Morgan fingerprint density at radius 3 is 2.52 bits per heavy atom. The van der Waals surface area contributed by atoms with E-state index in [2.05, 4.69) is 5.32 Å². The quantitative estimate of drug-likeness (QED) is 0.647. The fourth-order valence-electron chi connectivity index (χ4n) is 2.04. The molecule has 0 saturated heterocycles. The molecule has 0 spiro atoms. The van der Waals surface area contributed by atoms with Crippen LogP contribution in [0.1, 0.15) is 49.9 Å². The van der Waals surface area contributed by atoms with Gasteiger partial charge in [0.15, 0.2) is 11.5 Å². The van der Waals surface area contributed by atoms with E-state index in [-0.39, 0.29) is 18.4 Å². The zero-order chi connectivity index (χ0) is 17.2. The summed E-state index contributed by atoms with van der Waals surface area (Å²) in [6.07, 6.45) is 2.35. The molecule has 1 aromatic rings. The summed E-state index contributed by atoms with van der Waals surface area (Å²) in [5.41, 5.74) is 0.503. The second-order valence-corrected chi connectivity index (χ2v) is 5.49. The Balaban J connectivity index is 2.48. The highest BCUT2D eigenvalue weighted by Crippen LogP contribution is 2.28. The Hall–Kier alpha value is -2.24. The van der Waals surface area contributed by atoms with Crippen LogP contribution in [0.2, 0.25) is 0 Å². The number of methoxy groups -OCH3 is 1. The van der Waals surface area contributed by atoms with Crippen molar-refractivity contribution < 1.29 is 24.2 Å². The second-order valence-electron chi connectivity index (χ2n) is 5.49. The highest BCUT2D eigenvalue weighted by Gasteiger charge is 2.11. The van der Waals surface area contributed by atoms with E-state index in [1.807, 2.05) is 13.8 Å². The van der Waals surface area contributed by atoms with Crippen LogP contribution in [-0.2, 0) is 4.79 Å². The average molecular weight is 323 g/mol. The normalized spacial score (nSPS) is 10.4. The molecule has 0 aliphatic heterocycles. The topological polar surface area (TPSA) is 84.9 Å². The molecule has 1 rings (SSSR count). The molecule has 6 nitrogen and oxygen atoms in total. The zero-order valence-corrected chi connectivity index (χ0v) is 13.9. The van der Waals surface area contributed by atoms with Crippen LogP contribution in [0.3, 0.4) is 0 Å². The standard InChI is InChI=1S/C17H25NO5/c1-12(2)23-14-9-8-13(11-15(14)22-3)17(21)18-10-6-4-5-7-16(19)20/h8-9,11-12H,4-7,10H2,1-3H3,(H,18,21)(H,19,20). The summed E-state index contributed by atoms with van der Waals surface area (Å²) in [7, 11) is 1.53. The van der Waals surface area contributed by atoms with Gasteiger partial charge >= 0.3 is 5.97 Å². The Morgan fingerprint density at radius 2 is 1.91 bits per heavy atom.